The second kappa shape index (κ2) is 52.4. The minimum atomic E-state index is 0.510. The summed E-state index contributed by atoms with van der Waals surface area (Å²) in [6.45, 7) is 50.6. The summed E-state index contributed by atoms with van der Waals surface area (Å²) in [7, 11) is 3.63. The Morgan fingerprint density at radius 1 is 0.360 bits per heavy atom. The number of hydrogen-bond donors (Lipinski definition) is 0. The van der Waals surface area contributed by atoms with E-state index < -0.39 is 0 Å². The van der Waals surface area contributed by atoms with Gasteiger partial charge < -0.3 is 42.6 Å². The first kappa shape index (κ1) is 99.1. The van der Waals surface area contributed by atoms with E-state index in [2.05, 4.69) is 111 Å². The summed E-state index contributed by atoms with van der Waals surface area (Å²) in [5.74, 6) is 21.9. The summed E-state index contributed by atoms with van der Waals surface area (Å²) < 4.78 is 49.7. The Morgan fingerprint density at radius 2 is 0.833 bits per heavy atom. The molecular weight excluding hydrogens is 1410 g/mol. The van der Waals surface area contributed by atoms with Crippen LogP contribution < -0.4 is 0 Å². The van der Waals surface area contributed by atoms with E-state index in [1.54, 1.807) is 32.8 Å². The Morgan fingerprint density at radius 3 is 1.31 bits per heavy atom. The van der Waals surface area contributed by atoms with E-state index in [1.807, 2.05) is 7.11 Å². The molecule has 18 saturated carbocycles. The molecule has 12 bridgehead atoms. The molecule has 18 aliphatic rings. The highest BCUT2D eigenvalue weighted by atomic mass is 16.5. The summed E-state index contributed by atoms with van der Waals surface area (Å²) in [4.78, 5) is 0. The van der Waals surface area contributed by atoms with Crippen molar-refractivity contribution in [1.29, 1.82) is 0 Å². The largest absolute Gasteiger partial charge is 0.384 e. The number of methoxy groups -OCH3 is 2. The predicted molar refractivity (Wildman–Crippen MR) is 482 cm³/mol. The third kappa shape index (κ3) is 32.0. The first-order valence-electron chi connectivity index (χ1n) is 51.1. The molecule has 0 aromatic rings. The van der Waals surface area contributed by atoms with Crippen LogP contribution in [-0.4, -0.2) is 119 Å². The molecule has 0 radical (unpaired) electrons. The van der Waals surface area contributed by atoms with Crippen LogP contribution in [0.4, 0.5) is 0 Å². The summed E-state index contributed by atoms with van der Waals surface area (Å²) in [5.41, 5.74) is 2.24. The SMILES string of the molecule is CCOC1C2CC3CC(C2)CC1C3.CCOCC12CC3CC(CC(C3)C1)C2.CCOCC1C2(C)CCC(C2)C1(C)C.CCOCC1CC2CCC1C2.CCOCC1CCC(C(C)(C)C)CC1.CCOCC1CCCCC1.CCOCC1CCCCC1C1CCCCC1.COCC1CC(C)CCC1C(C)C.COCC1CCCCC1. The fourth-order valence-corrected chi connectivity index (χ4v) is 28.4. The van der Waals surface area contributed by atoms with Crippen LogP contribution in [0.3, 0.4) is 0 Å². The van der Waals surface area contributed by atoms with Crippen LogP contribution in [0.15, 0.2) is 0 Å². The van der Waals surface area contributed by atoms with E-state index in [4.69, 9.17) is 42.6 Å². The first-order valence-corrected chi connectivity index (χ1v) is 51.1. The molecule has 18 rings (SSSR count). The minimum Gasteiger partial charge on any atom is -0.384 e. The van der Waals surface area contributed by atoms with Gasteiger partial charge in [0.1, 0.15) is 0 Å². The molecule has 9 nitrogen and oxygen atoms in total. The number of ether oxygens (including phenoxy) is 9. The standard InChI is InChI=1S/C15H28O.C13H22O.C13H24O.C13H26O.C12H20O.C12H24O.C10H18O.C9H18O.C8H16O/c1-2-16-12-14-10-6-7-11-15(14)13-8-4-3-5-9-13;1-2-14-9-13-6-10-3-11(7-13)5-12(4-10)8-13;1-5-14-9-11-12(2,3)10-6-7-13(11,4)8-10;1-5-14-10-11-6-8-12(9-7-11)13(2,3)4;1-2-13-12-10-4-8-3-9(6-10)7-11(12)5-8;1-9(2)12-6-5-10(3)7-11(12)8-13-4;1-2-11-7-10-6-8-3-4-9(10)5-8;1-2-10-8-9-6-4-3-5-7-9;1-9-7-8-5-3-2-4-6-8/h13-15H,2-12H2,1H3;10-12H,2-9H2,1H3;10-11H,5-9H2,1-4H3;11-12H,5-10H2,1-4H3;8-12H,2-7H2,1H3;9-12H,5-8H2,1-4H3;8-10H,2-7H2,1H3;9H,2-8H2,1H3;8H,2-7H2,1H3. The van der Waals surface area contributed by atoms with E-state index in [9.17, 15) is 0 Å². The summed E-state index contributed by atoms with van der Waals surface area (Å²) in [5, 5.41) is 0. The molecule has 0 aromatic heterocycles. The highest BCUT2D eigenvalue weighted by Crippen LogP contribution is 2.66. The fourth-order valence-electron chi connectivity index (χ4n) is 28.4. The van der Waals surface area contributed by atoms with Crippen molar-refractivity contribution in [2.45, 2.75) is 399 Å². The van der Waals surface area contributed by atoms with Gasteiger partial charge in [-0.25, -0.2) is 0 Å². The van der Waals surface area contributed by atoms with Crippen LogP contribution in [0.1, 0.15) is 393 Å². The van der Waals surface area contributed by atoms with Gasteiger partial charge in [0, 0.05) is 100 Å². The Labute approximate surface area is 709 Å². The van der Waals surface area contributed by atoms with Gasteiger partial charge >= 0.3 is 0 Å². The molecule has 670 valence electrons. The smallest absolute Gasteiger partial charge is 0.0631 e. The lowest BCUT2D eigenvalue weighted by molar-refractivity contribution is -0.123. The van der Waals surface area contributed by atoms with Crippen LogP contribution in [0, 0.1) is 158 Å². The highest BCUT2D eigenvalue weighted by molar-refractivity contribution is 5.08. The zero-order valence-corrected chi connectivity index (χ0v) is 79.2. The lowest BCUT2D eigenvalue weighted by atomic mass is 9.50. The normalized spacial score (nSPS) is 37.5. The Balaban J connectivity index is 0.000000161. The molecule has 0 N–H and O–H groups in total. The molecule has 18 aliphatic carbocycles. The van der Waals surface area contributed by atoms with Crippen molar-refractivity contribution in [1.82, 2.24) is 0 Å². The molecule has 9 heteroatoms. The van der Waals surface area contributed by atoms with E-state index in [0.29, 0.717) is 27.8 Å². The average molecular weight is 1600 g/mol. The van der Waals surface area contributed by atoms with Crippen LogP contribution in [0.25, 0.3) is 0 Å². The number of rotatable bonds is 26. The molecule has 0 heterocycles. The van der Waals surface area contributed by atoms with Gasteiger partial charge in [0.05, 0.1) is 19.3 Å². The third-order valence-electron chi connectivity index (χ3n) is 34.1. The van der Waals surface area contributed by atoms with Gasteiger partial charge in [0.2, 0.25) is 0 Å². The van der Waals surface area contributed by atoms with Gasteiger partial charge in [0.25, 0.3) is 0 Å². The quantitative estimate of drug-likeness (QED) is 0.0841. The van der Waals surface area contributed by atoms with Gasteiger partial charge in [-0.3, -0.25) is 0 Å². The zero-order valence-electron chi connectivity index (χ0n) is 79.2. The minimum absolute atomic E-state index is 0.510. The van der Waals surface area contributed by atoms with Crippen molar-refractivity contribution < 1.29 is 42.6 Å². The van der Waals surface area contributed by atoms with Gasteiger partial charge in [0.15, 0.2) is 0 Å². The van der Waals surface area contributed by atoms with E-state index >= 15 is 0 Å². The maximum atomic E-state index is 5.92. The molecular formula is C105H196O9. The molecule has 0 amide bonds. The molecule has 18 fully saturated rings. The molecule has 0 saturated heterocycles. The summed E-state index contributed by atoms with van der Waals surface area (Å²) >= 11 is 0. The van der Waals surface area contributed by atoms with E-state index in [-0.39, 0.29) is 0 Å². The average Bonchev–Trinajstić information content (AvgIpc) is 1.57. The first-order chi connectivity index (χ1) is 55.0. The van der Waals surface area contributed by atoms with Crippen molar-refractivity contribution in [3.05, 3.63) is 0 Å². The van der Waals surface area contributed by atoms with Crippen molar-refractivity contribution in [2.75, 3.05) is 113 Å². The third-order valence-corrected chi connectivity index (χ3v) is 34.1. The fraction of sp³-hybridized carbons (Fsp3) is 1.00. The Bertz CT molecular complexity index is 2340. The second-order valence-corrected chi connectivity index (χ2v) is 44.3. The highest BCUT2D eigenvalue weighted by Gasteiger charge is 2.59. The second-order valence-electron chi connectivity index (χ2n) is 44.3. The predicted octanol–water partition coefficient (Wildman–Crippen LogP) is 28.5. The van der Waals surface area contributed by atoms with Gasteiger partial charge in [-0.1, -0.05) is 159 Å². The molecule has 0 spiro atoms. The van der Waals surface area contributed by atoms with Crippen molar-refractivity contribution >= 4 is 0 Å². The topological polar surface area (TPSA) is 83.1 Å². The maximum absolute atomic E-state index is 5.92. The van der Waals surface area contributed by atoms with Crippen molar-refractivity contribution in [3.63, 3.8) is 0 Å². The maximum Gasteiger partial charge on any atom is 0.0631 e. The summed E-state index contributed by atoms with van der Waals surface area (Å²) in [6, 6.07) is 0. The van der Waals surface area contributed by atoms with Gasteiger partial charge in [-0.05, 0) is 392 Å². The van der Waals surface area contributed by atoms with Crippen molar-refractivity contribution in [2.24, 2.45) is 158 Å². The lowest BCUT2D eigenvalue weighted by Crippen LogP contribution is -2.49. The van der Waals surface area contributed by atoms with Crippen LogP contribution in [-0.2, 0) is 42.6 Å². The number of hydrogen-bond acceptors (Lipinski definition) is 9. The molecule has 0 aromatic carbocycles. The van der Waals surface area contributed by atoms with Crippen LogP contribution >= 0.6 is 0 Å². The van der Waals surface area contributed by atoms with Crippen molar-refractivity contribution in [3.8, 4) is 0 Å². The van der Waals surface area contributed by atoms with Crippen LogP contribution in [0.5, 0.6) is 0 Å². The molecule has 0 aliphatic heterocycles. The Hall–Kier alpha value is -0.360. The lowest BCUT2D eigenvalue weighted by Gasteiger charge is -2.56. The monoisotopic (exact) mass is 1600 g/mol. The van der Waals surface area contributed by atoms with E-state index in [1.165, 1.54) is 257 Å². The van der Waals surface area contributed by atoms with Gasteiger partial charge in [-0.15, -0.1) is 0 Å². The van der Waals surface area contributed by atoms with Gasteiger partial charge in [-0.2, -0.15) is 0 Å². The Kier molecular flexibility index (Phi) is 45.6. The van der Waals surface area contributed by atoms with E-state index in [0.717, 1.165) is 235 Å². The molecule has 11 unspecified atom stereocenters. The summed E-state index contributed by atoms with van der Waals surface area (Å²) in [6.07, 6.45) is 64.8. The molecule has 11 atom stereocenters. The molecule has 114 heavy (non-hydrogen) atoms. The zero-order chi connectivity index (χ0) is 81.9. The number of fused-ring (bicyclic) bond motifs is 4. The van der Waals surface area contributed by atoms with Crippen LogP contribution in [0.2, 0.25) is 0 Å².